The lowest BCUT2D eigenvalue weighted by Gasteiger charge is -2.17. The molecule has 0 saturated heterocycles. The Morgan fingerprint density at radius 3 is 2.53 bits per heavy atom. The van der Waals surface area contributed by atoms with Gasteiger partial charge in [-0.25, -0.2) is 4.98 Å². The fourth-order valence-electron chi connectivity index (χ4n) is 2.44. The van der Waals surface area contributed by atoms with E-state index in [4.69, 9.17) is 11.5 Å². The molecule has 2 aromatic heterocycles. The molecule has 2 aromatic rings. The molecule has 0 unspecified atom stereocenters. The summed E-state index contributed by atoms with van der Waals surface area (Å²) < 4.78 is 75.4. The third-order valence-electron chi connectivity index (χ3n) is 3.90. The smallest absolute Gasteiger partial charge is 0.403 e. The lowest BCUT2D eigenvalue weighted by Crippen LogP contribution is -2.44. The number of aromatic amines is 1. The number of rotatable bonds is 6. The summed E-state index contributed by atoms with van der Waals surface area (Å²) in [6.45, 7) is -0.203. The van der Waals surface area contributed by atoms with Crippen molar-refractivity contribution in [2.24, 2.45) is 11.5 Å². The van der Waals surface area contributed by atoms with Gasteiger partial charge in [-0.1, -0.05) is 0 Å². The summed E-state index contributed by atoms with van der Waals surface area (Å²) in [6, 6.07) is -0.228. The van der Waals surface area contributed by atoms with Crippen molar-refractivity contribution in [3.05, 3.63) is 47.6 Å². The number of nitrogens with zero attached hydrogens (tertiary/aromatic N) is 1. The van der Waals surface area contributed by atoms with Gasteiger partial charge in [0.05, 0.1) is 11.3 Å². The van der Waals surface area contributed by atoms with Crippen LogP contribution >= 0.6 is 0 Å². The molecule has 0 aliphatic heterocycles. The molecule has 0 aliphatic rings. The molecule has 2 heterocycles. The summed E-state index contributed by atoms with van der Waals surface area (Å²) >= 11 is 0. The molecule has 1 atom stereocenters. The minimum Gasteiger partial charge on any atom is -0.403 e. The van der Waals surface area contributed by atoms with E-state index < -0.39 is 36.4 Å². The molecule has 1 amide bonds. The molecule has 13 heteroatoms. The monoisotopic (exact) mass is 436 g/mol. The van der Waals surface area contributed by atoms with Gasteiger partial charge in [0.1, 0.15) is 18.2 Å². The van der Waals surface area contributed by atoms with Crippen LogP contribution in [-0.4, -0.2) is 34.6 Å². The predicted octanol–water partition coefficient (Wildman–Crippen LogP) is 2.34. The fraction of sp³-hybridized carbons (Fsp3) is 0.294. The first-order valence-corrected chi connectivity index (χ1v) is 8.36. The van der Waals surface area contributed by atoms with E-state index in [9.17, 15) is 31.1 Å². The van der Waals surface area contributed by atoms with Gasteiger partial charge >= 0.3 is 12.4 Å². The summed E-state index contributed by atoms with van der Waals surface area (Å²) in [4.78, 5) is 18.1. The van der Waals surface area contributed by atoms with Crippen LogP contribution in [0.3, 0.4) is 0 Å². The second kappa shape index (κ2) is 8.55. The molecule has 164 valence electrons. The van der Waals surface area contributed by atoms with Gasteiger partial charge in [0.25, 0.3) is 0 Å². The van der Waals surface area contributed by atoms with E-state index in [1.165, 1.54) is 19.2 Å². The first kappa shape index (κ1) is 22.9. The number of fused-ring (bicyclic) bond motifs is 1. The number of alkyl halides is 6. The average molecular weight is 436 g/mol. The van der Waals surface area contributed by atoms with Gasteiger partial charge in [0.15, 0.2) is 0 Å². The second-order valence-electron chi connectivity index (χ2n) is 6.24. The van der Waals surface area contributed by atoms with Crippen LogP contribution in [0.25, 0.3) is 16.7 Å². The Balaban J connectivity index is 2.21. The molecule has 0 radical (unpaired) electrons. The molecule has 2 rings (SSSR count). The molecular formula is C17H18F6N6O. The highest BCUT2D eigenvalue weighted by molar-refractivity contribution is 5.90. The Kier molecular flexibility index (Phi) is 6.53. The largest absolute Gasteiger partial charge is 0.417 e. The Hall–Kier alpha value is -3.38. The maximum Gasteiger partial charge on any atom is 0.417 e. The standard InChI is InChI=1S/C17H18F6N6O/c1-8(15(30)28-7-16(18,19)20)29-10(4-24)3-13(25)12-6-27-14-11(12)2-9(5-26-14)17(21,22)23/h2-6,8,29H,7,24-25H2,1H3,(H,26,27)(H,28,30)/b10-4+,13-3-/t8-/m1/s1. The molecule has 0 fully saturated rings. The molecule has 0 aromatic carbocycles. The quantitative estimate of drug-likeness (QED) is 0.352. The molecule has 0 bridgehead atoms. The molecule has 7 N–H and O–H groups in total. The van der Waals surface area contributed by atoms with Crippen molar-refractivity contribution in [3.8, 4) is 0 Å². The highest BCUT2D eigenvalue weighted by Gasteiger charge is 2.31. The van der Waals surface area contributed by atoms with Crippen molar-refractivity contribution in [1.82, 2.24) is 20.6 Å². The van der Waals surface area contributed by atoms with Gasteiger partial charge in [-0.15, -0.1) is 0 Å². The Morgan fingerprint density at radius 1 is 1.30 bits per heavy atom. The minimum atomic E-state index is -4.60. The number of hydrogen-bond donors (Lipinski definition) is 5. The summed E-state index contributed by atoms with van der Waals surface area (Å²) in [5.41, 5.74) is 10.9. The van der Waals surface area contributed by atoms with Crippen molar-refractivity contribution in [2.75, 3.05) is 6.54 Å². The van der Waals surface area contributed by atoms with Crippen molar-refractivity contribution in [1.29, 1.82) is 0 Å². The van der Waals surface area contributed by atoms with Crippen LogP contribution in [0.2, 0.25) is 0 Å². The van der Waals surface area contributed by atoms with E-state index in [0.29, 0.717) is 6.20 Å². The Morgan fingerprint density at radius 2 is 1.97 bits per heavy atom. The fourth-order valence-corrected chi connectivity index (χ4v) is 2.44. The third kappa shape index (κ3) is 5.81. The van der Waals surface area contributed by atoms with Crippen LogP contribution in [0, 0.1) is 0 Å². The topological polar surface area (TPSA) is 122 Å². The van der Waals surface area contributed by atoms with Crippen LogP contribution in [0.1, 0.15) is 18.1 Å². The average Bonchev–Trinajstić information content (AvgIpc) is 3.07. The molecule has 0 spiro atoms. The van der Waals surface area contributed by atoms with Crippen LogP contribution in [0.5, 0.6) is 0 Å². The van der Waals surface area contributed by atoms with E-state index in [1.54, 1.807) is 5.32 Å². The number of carbonyl (C=O) groups excluding carboxylic acids is 1. The van der Waals surface area contributed by atoms with Gasteiger partial charge in [-0.05, 0) is 19.1 Å². The molecule has 30 heavy (non-hydrogen) atoms. The minimum absolute atomic E-state index is 0.0190. The number of amides is 1. The number of hydrogen-bond acceptors (Lipinski definition) is 5. The van der Waals surface area contributed by atoms with Crippen LogP contribution < -0.4 is 22.1 Å². The molecule has 0 saturated carbocycles. The van der Waals surface area contributed by atoms with E-state index in [0.717, 1.165) is 12.3 Å². The predicted molar refractivity (Wildman–Crippen MR) is 97.2 cm³/mol. The number of allylic oxidation sites excluding steroid dienone is 1. The molecular weight excluding hydrogens is 418 g/mol. The first-order valence-electron chi connectivity index (χ1n) is 8.36. The van der Waals surface area contributed by atoms with Crippen LogP contribution in [-0.2, 0) is 11.0 Å². The zero-order valence-electron chi connectivity index (χ0n) is 15.4. The number of carbonyl (C=O) groups is 1. The van der Waals surface area contributed by atoms with Gasteiger partial charge in [-0.2, -0.15) is 26.3 Å². The summed E-state index contributed by atoms with van der Waals surface area (Å²) in [5.74, 6) is -0.940. The number of H-pyrrole nitrogens is 1. The summed E-state index contributed by atoms with van der Waals surface area (Å²) in [6.07, 6.45) is -4.90. The Bertz CT molecular complexity index is 975. The van der Waals surface area contributed by atoms with E-state index >= 15 is 0 Å². The summed E-state index contributed by atoms with van der Waals surface area (Å²) in [7, 11) is 0. The zero-order valence-corrected chi connectivity index (χ0v) is 15.4. The van der Waals surface area contributed by atoms with Gasteiger partial charge < -0.3 is 27.1 Å². The SMILES string of the molecule is C[C@@H](NC(/C=C(\N)c1c[nH]c2ncc(C(F)(F)F)cc12)=C/N)C(=O)NCC(F)(F)F. The maximum atomic E-state index is 12.9. The highest BCUT2D eigenvalue weighted by atomic mass is 19.4. The van der Waals surface area contributed by atoms with Gasteiger partial charge in [-0.3, -0.25) is 4.79 Å². The van der Waals surface area contributed by atoms with Crippen molar-refractivity contribution in [2.45, 2.75) is 25.3 Å². The molecule has 7 nitrogen and oxygen atoms in total. The van der Waals surface area contributed by atoms with E-state index in [1.807, 2.05) is 0 Å². The maximum absolute atomic E-state index is 12.9. The number of halogens is 6. The third-order valence-corrected chi connectivity index (χ3v) is 3.90. The van der Waals surface area contributed by atoms with Crippen LogP contribution in [0.4, 0.5) is 26.3 Å². The normalized spacial score (nSPS) is 14.6. The van der Waals surface area contributed by atoms with E-state index in [2.05, 4.69) is 15.3 Å². The Labute approximate surface area is 166 Å². The number of nitrogens with one attached hydrogen (secondary N) is 3. The van der Waals surface area contributed by atoms with Crippen molar-refractivity contribution in [3.63, 3.8) is 0 Å². The number of nitrogens with two attached hydrogens (primary N) is 2. The highest BCUT2D eigenvalue weighted by Crippen LogP contribution is 2.32. The number of aromatic nitrogens is 2. The first-order chi connectivity index (χ1) is 13.8. The lowest BCUT2D eigenvalue weighted by molar-refractivity contribution is -0.139. The van der Waals surface area contributed by atoms with Gasteiger partial charge in [0.2, 0.25) is 5.91 Å². The van der Waals surface area contributed by atoms with Crippen molar-refractivity contribution >= 4 is 22.6 Å². The summed E-state index contributed by atoms with van der Waals surface area (Å²) in [5, 5.41) is 4.39. The second-order valence-corrected chi connectivity index (χ2v) is 6.24. The number of pyridine rings is 1. The van der Waals surface area contributed by atoms with Crippen LogP contribution in [0.15, 0.2) is 36.4 Å². The zero-order chi connectivity index (χ0) is 22.7. The lowest BCUT2D eigenvalue weighted by atomic mass is 10.1. The van der Waals surface area contributed by atoms with E-state index in [-0.39, 0.29) is 28.0 Å². The van der Waals surface area contributed by atoms with Gasteiger partial charge in [0, 0.05) is 35.2 Å². The molecule has 0 aliphatic carbocycles. The van der Waals surface area contributed by atoms with Crippen molar-refractivity contribution < 1.29 is 31.1 Å².